The van der Waals surface area contributed by atoms with Gasteiger partial charge in [0, 0.05) is 34.8 Å². The molecule has 0 saturated carbocycles. The van der Waals surface area contributed by atoms with Gasteiger partial charge in [0.1, 0.15) is 24.2 Å². The van der Waals surface area contributed by atoms with Gasteiger partial charge in [0.25, 0.3) is 5.91 Å². The number of halogens is 1. The van der Waals surface area contributed by atoms with Gasteiger partial charge in [0.15, 0.2) is 17.3 Å². The summed E-state index contributed by atoms with van der Waals surface area (Å²) >= 11 is 6.21. The predicted octanol–water partition coefficient (Wildman–Crippen LogP) is 3.92. The number of phenols is 2. The van der Waals surface area contributed by atoms with Gasteiger partial charge in [-0.1, -0.05) is 23.7 Å². The van der Waals surface area contributed by atoms with Gasteiger partial charge in [-0.3, -0.25) is 19.1 Å². The zero-order valence-electron chi connectivity index (χ0n) is 28.4. The number of fused-ring (bicyclic) bond motifs is 3. The van der Waals surface area contributed by atoms with Crippen molar-refractivity contribution >= 4 is 29.1 Å². The number of nitrogens with one attached hydrogen (secondary N) is 2. The zero-order chi connectivity index (χ0) is 36.2. The Morgan fingerprint density at radius 3 is 2.25 bits per heavy atom. The Kier molecular flexibility index (Phi) is 13.4. The number of benzene rings is 3. The van der Waals surface area contributed by atoms with Crippen LogP contribution in [0.4, 0.5) is 0 Å². The molecule has 1 aromatic heterocycles. The molecular formula is C36H41ClN6O8. The van der Waals surface area contributed by atoms with Crippen LogP contribution in [0.3, 0.4) is 0 Å². The van der Waals surface area contributed by atoms with Crippen molar-refractivity contribution in [1.82, 2.24) is 25.4 Å². The molecule has 270 valence electrons. The van der Waals surface area contributed by atoms with Crippen LogP contribution < -0.4 is 15.4 Å². The molecule has 1 aliphatic rings. The Morgan fingerprint density at radius 1 is 0.843 bits per heavy atom. The van der Waals surface area contributed by atoms with E-state index in [0.717, 1.165) is 16.8 Å². The fourth-order valence-corrected chi connectivity index (χ4v) is 5.47. The number of carbonyl (C=O) groups is 2. The molecule has 0 spiro atoms. The maximum absolute atomic E-state index is 12.7. The summed E-state index contributed by atoms with van der Waals surface area (Å²) < 4.78 is 24.7. The number of hydrogen-bond donors (Lipinski definition) is 4. The third kappa shape index (κ3) is 10.0. The van der Waals surface area contributed by atoms with Crippen molar-refractivity contribution in [2.75, 3.05) is 59.3 Å². The minimum absolute atomic E-state index is 0.116. The highest BCUT2D eigenvalue weighted by Crippen LogP contribution is 2.34. The first-order valence-corrected chi connectivity index (χ1v) is 17.0. The summed E-state index contributed by atoms with van der Waals surface area (Å²) in [7, 11) is 0. The quantitative estimate of drug-likeness (QED) is 0.0870. The van der Waals surface area contributed by atoms with E-state index in [0.29, 0.717) is 80.9 Å². The van der Waals surface area contributed by atoms with Gasteiger partial charge in [0.05, 0.1) is 57.5 Å². The number of aromatic hydroxyl groups is 2. The van der Waals surface area contributed by atoms with Crippen LogP contribution in [0.5, 0.6) is 17.2 Å². The lowest BCUT2D eigenvalue weighted by molar-refractivity contribution is -0.121. The number of nitrogens with zero attached hydrogens (tertiary/aromatic N) is 4. The van der Waals surface area contributed by atoms with E-state index in [1.54, 1.807) is 12.1 Å². The van der Waals surface area contributed by atoms with Crippen LogP contribution in [0.15, 0.2) is 65.7 Å². The standard InChI is InChI=1S/C36H41ClN6O8/c1-3-38-33(46)22-29-35-42-41-23(2)43(35)30-10-9-27(21-28(30)34(40-29)24-4-7-26(37)8-5-24)51-19-18-50-17-16-49-15-14-48-13-12-39-36(47)25-6-11-31(44)32(45)20-25/h4-11,20-21,29,44-45H,3,12-19,22H2,1-2H3,(H,38,46)(H,39,47)/t29-/m0/s1. The lowest BCUT2D eigenvalue weighted by atomic mass is 10.00. The van der Waals surface area contributed by atoms with Crippen LogP contribution in [0.25, 0.3) is 5.69 Å². The van der Waals surface area contributed by atoms with E-state index < -0.39 is 6.04 Å². The van der Waals surface area contributed by atoms with Gasteiger partial charge in [-0.15, -0.1) is 10.2 Å². The number of phenolic OH excluding ortho intramolecular Hbond substituents is 2. The topological polar surface area (TPSA) is 179 Å². The molecule has 2 heterocycles. The monoisotopic (exact) mass is 720 g/mol. The fraction of sp³-hybridized carbons (Fsp3) is 0.361. The molecule has 1 atom stereocenters. The van der Waals surface area contributed by atoms with E-state index in [1.807, 2.05) is 48.7 Å². The zero-order valence-corrected chi connectivity index (χ0v) is 29.2. The number of aromatic nitrogens is 3. The van der Waals surface area contributed by atoms with Crippen molar-refractivity contribution in [1.29, 1.82) is 0 Å². The van der Waals surface area contributed by atoms with Crippen molar-refractivity contribution in [2.24, 2.45) is 4.99 Å². The highest BCUT2D eigenvalue weighted by molar-refractivity contribution is 6.30. The number of amides is 2. The SMILES string of the molecule is CCNC(=O)C[C@@H]1N=C(c2ccc(Cl)cc2)c2cc(OCCOCCOCCOCCNC(=O)c3ccc(O)c(O)c3)ccc2-n2c(C)nnc21. The Bertz CT molecular complexity index is 1830. The molecule has 1 aliphatic heterocycles. The smallest absolute Gasteiger partial charge is 0.251 e. The molecule has 2 amide bonds. The minimum atomic E-state index is -0.565. The first-order valence-electron chi connectivity index (χ1n) is 16.6. The van der Waals surface area contributed by atoms with Gasteiger partial charge >= 0.3 is 0 Å². The summed E-state index contributed by atoms with van der Waals surface area (Å²) in [6.07, 6.45) is 0.116. The molecule has 0 saturated heterocycles. The normalized spacial score (nSPS) is 13.5. The number of carbonyl (C=O) groups excluding carboxylic acids is 2. The van der Waals surface area contributed by atoms with E-state index in [9.17, 15) is 19.8 Å². The number of ether oxygens (including phenoxy) is 4. The molecule has 0 radical (unpaired) electrons. The van der Waals surface area contributed by atoms with Crippen LogP contribution >= 0.6 is 11.6 Å². The van der Waals surface area contributed by atoms with E-state index in [2.05, 4.69) is 20.8 Å². The molecule has 15 heteroatoms. The third-order valence-electron chi connectivity index (χ3n) is 7.78. The fourth-order valence-electron chi connectivity index (χ4n) is 5.35. The maximum Gasteiger partial charge on any atom is 0.251 e. The number of aliphatic imine (C=N–C) groups is 1. The molecule has 51 heavy (non-hydrogen) atoms. The average molecular weight is 721 g/mol. The van der Waals surface area contributed by atoms with E-state index in [4.69, 9.17) is 35.5 Å². The van der Waals surface area contributed by atoms with Gasteiger partial charge < -0.3 is 39.8 Å². The van der Waals surface area contributed by atoms with Crippen LogP contribution in [0, 0.1) is 6.92 Å². The predicted molar refractivity (Wildman–Crippen MR) is 189 cm³/mol. The minimum Gasteiger partial charge on any atom is -0.504 e. The van der Waals surface area contributed by atoms with Gasteiger partial charge in [0.2, 0.25) is 5.91 Å². The van der Waals surface area contributed by atoms with Crippen LogP contribution in [-0.2, 0) is 19.0 Å². The highest BCUT2D eigenvalue weighted by atomic mass is 35.5. The molecule has 0 bridgehead atoms. The second-order valence-electron chi connectivity index (χ2n) is 11.4. The molecule has 0 aliphatic carbocycles. The number of rotatable bonds is 18. The molecule has 0 fully saturated rings. The first kappa shape index (κ1) is 37.2. The molecule has 5 rings (SSSR count). The third-order valence-corrected chi connectivity index (χ3v) is 8.03. The summed E-state index contributed by atoms with van der Waals surface area (Å²) in [5.74, 6) is 0.728. The van der Waals surface area contributed by atoms with Crippen molar-refractivity contribution in [3.8, 4) is 22.9 Å². The average Bonchev–Trinajstić information content (AvgIpc) is 3.44. The van der Waals surface area contributed by atoms with Crippen LogP contribution in [-0.4, -0.2) is 102 Å². The molecule has 4 N–H and O–H groups in total. The van der Waals surface area contributed by atoms with Crippen molar-refractivity contribution in [3.63, 3.8) is 0 Å². The lowest BCUT2D eigenvalue weighted by Crippen LogP contribution is -2.27. The first-order chi connectivity index (χ1) is 24.7. The molecular weight excluding hydrogens is 680 g/mol. The Balaban J connectivity index is 1.08. The summed E-state index contributed by atoms with van der Waals surface area (Å²) in [4.78, 5) is 29.9. The van der Waals surface area contributed by atoms with E-state index in [-0.39, 0.29) is 41.8 Å². The van der Waals surface area contributed by atoms with Gasteiger partial charge in [-0.05, 0) is 62.4 Å². The summed E-state index contributed by atoms with van der Waals surface area (Å²) in [6.45, 7) is 6.94. The highest BCUT2D eigenvalue weighted by Gasteiger charge is 2.30. The largest absolute Gasteiger partial charge is 0.504 e. The Labute approximate surface area is 300 Å². The molecule has 4 aromatic rings. The van der Waals surface area contributed by atoms with Crippen molar-refractivity contribution in [2.45, 2.75) is 26.3 Å². The number of aryl methyl sites for hydroxylation is 1. The maximum atomic E-state index is 12.7. The summed E-state index contributed by atoms with van der Waals surface area (Å²) in [6, 6.07) is 16.4. The van der Waals surface area contributed by atoms with Gasteiger partial charge in [-0.25, -0.2) is 0 Å². The second-order valence-corrected chi connectivity index (χ2v) is 11.9. The lowest BCUT2D eigenvalue weighted by Gasteiger charge is -2.15. The second kappa shape index (κ2) is 18.3. The van der Waals surface area contributed by atoms with Crippen LogP contribution in [0.1, 0.15) is 52.5 Å². The Hall–Kier alpha value is -5.02. The molecule has 14 nitrogen and oxygen atoms in total. The summed E-state index contributed by atoms with van der Waals surface area (Å²) in [5, 5.41) is 33.7. The van der Waals surface area contributed by atoms with Crippen LogP contribution in [0.2, 0.25) is 5.02 Å². The molecule has 3 aromatic carbocycles. The summed E-state index contributed by atoms with van der Waals surface area (Å²) in [5.41, 5.74) is 3.38. The van der Waals surface area contributed by atoms with Crippen molar-refractivity contribution < 1.29 is 38.7 Å². The number of hydrogen-bond acceptors (Lipinski definition) is 11. The molecule has 0 unspecified atom stereocenters. The van der Waals surface area contributed by atoms with Crippen molar-refractivity contribution in [3.05, 3.63) is 94.0 Å². The van der Waals surface area contributed by atoms with E-state index in [1.165, 1.54) is 18.2 Å². The Morgan fingerprint density at radius 2 is 1.55 bits per heavy atom. The van der Waals surface area contributed by atoms with Gasteiger partial charge in [-0.2, -0.15) is 0 Å². The van der Waals surface area contributed by atoms with E-state index >= 15 is 0 Å².